The van der Waals surface area contributed by atoms with Crippen LogP contribution in [0, 0.1) is 0 Å². The average Bonchev–Trinajstić information content (AvgIpc) is 2.57. The zero-order valence-corrected chi connectivity index (χ0v) is 12.6. The van der Waals surface area contributed by atoms with Crippen LogP contribution < -0.4 is 4.74 Å². The molecular weight excluding hydrogens is 276 g/mol. The fraction of sp³-hybridized carbons (Fsp3) is 0.0526. The first-order valence-corrected chi connectivity index (χ1v) is 8.05. The van der Waals surface area contributed by atoms with Gasteiger partial charge in [0.1, 0.15) is 11.5 Å². The monoisotopic (exact) mass is 292 g/mol. The fourth-order valence-electron chi connectivity index (χ4n) is 2.12. The molecule has 0 fully saturated rings. The molecule has 1 nitrogen and oxygen atoms in total. The van der Waals surface area contributed by atoms with Gasteiger partial charge >= 0.3 is 0 Å². The molecule has 0 spiro atoms. The first-order valence-electron chi connectivity index (χ1n) is 6.82. The summed E-state index contributed by atoms with van der Waals surface area (Å²) in [6, 6.07) is 26.6. The van der Waals surface area contributed by atoms with Gasteiger partial charge in [-0.2, -0.15) is 0 Å². The summed E-state index contributed by atoms with van der Waals surface area (Å²) >= 11 is 1.76. The van der Waals surface area contributed by atoms with Crippen molar-refractivity contribution in [1.29, 1.82) is 0 Å². The SMILES string of the molecule is CSc1ccc(-c2ccc(Oc3ccccc3)cc2)cc1. The van der Waals surface area contributed by atoms with E-state index in [4.69, 9.17) is 4.74 Å². The molecule has 0 saturated heterocycles. The van der Waals surface area contributed by atoms with Crippen molar-refractivity contribution in [1.82, 2.24) is 0 Å². The molecule has 0 amide bonds. The second kappa shape index (κ2) is 6.51. The first-order chi connectivity index (χ1) is 10.3. The molecule has 0 aliphatic heterocycles. The predicted molar refractivity (Wildman–Crippen MR) is 90.2 cm³/mol. The normalized spacial score (nSPS) is 10.3. The largest absolute Gasteiger partial charge is 0.457 e. The molecular formula is C19H16OS. The molecule has 0 aliphatic carbocycles. The van der Waals surface area contributed by atoms with Gasteiger partial charge in [0, 0.05) is 4.90 Å². The number of rotatable bonds is 4. The number of hydrogen-bond acceptors (Lipinski definition) is 2. The minimum absolute atomic E-state index is 0.852. The van der Waals surface area contributed by atoms with E-state index in [1.54, 1.807) is 11.8 Å². The quantitative estimate of drug-likeness (QED) is 0.556. The molecule has 0 N–H and O–H groups in total. The summed E-state index contributed by atoms with van der Waals surface area (Å²) in [6.07, 6.45) is 2.09. The maximum atomic E-state index is 5.80. The summed E-state index contributed by atoms with van der Waals surface area (Å²) in [4.78, 5) is 1.28. The standard InChI is InChI=1S/C19H16OS/c1-21-19-13-9-16(10-14-19)15-7-11-18(12-8-15)20-17-5-3-2-4-6-17/h2-14H,1H3. The van der Waals surface area contributed by atoms with E-state index in [1.165, 1.54) is 16.0 Å². The molecule has 0 heterocycles. The van der Waals surface area contributed by atoms with Gasteiger partial charge in [-0.05, 0) is 53.8 Å². The van der Waals surface area contributed by atoms with Gasteiger partial charge in [0.15, 0.2) is 0 Å². The van der Waals surface area contributed by atoms with Gasteiger partial charge in [-0.3, -0.25) is 0 Å². The van der Waals surface area contributed by atoms with Gasteiger partial charge in [0.2, 0.25) is 0 Å². The minimum atomic E-state index is 0.852. The van der Waals surface area contributed by atoms with Gasteiger partial charge < -0.3 is 4.74 Å². The highest BCUT2D eigenvalue weighted by atomic mass is 32.2. The number of ether oxygens (including phenoxy) is 1. The molecule has 0 bridgehead atoms. The van der Waals surface area contributed by atoms with Crippen molar-refractivity contribution < 1.29 is 4.74 Å². The molecule has 0 saturated carbocycles. The van der Waals surface area contributed by atoms with Crippen molar-refractivity contribution >= 4 is 11.8 Å². The summed E-state index contributed by atoms with van der Waals surface area (Å²) in [7, 11) is 0. The van der Waals surface area contributed by atoms with E-state index in [-0.39, 0.29) is 0 Å². The van der Waals surface area contributed by atoms with E-state index in [0.29, 0.717) is 0 Å². The molecule has 104 valence electrons. The van der Waals surface area contributed by atoms with E-state index >= 15 is 0 Å². The van der Waals surface area contributed by atoms with Crippen LogP contribution in [0.3, 0.4) is 0 Å². The van der Waals surface area contributed by atoms with E-state index in [2.05, 4.69) is 42.7 Å². The van der Waals surface area contributed by atoms with Gasteiger partial charge in [0.25, 0.3) is 0 Å². The van der Waals surface area contributed by atoms with Crippen molar-refractivity contribution in [2.24, 2.45) is 0 Å². The zero-order chi connectivity index (χ0) is 14.5. The highest BCUT2D eigenvalue weighted by Crippen LogP contribution is 2.27. The topological polar surface area (TPSA) is 9.23 Å². The van der Waals surface area contributed by atoms with Crippen LogP contribution in [-0.2, 0) is 0 Å². The Morgan fingerprint density at radius 2 is 1.14 bits per heavy atom. The van der Waals surface area contributed by atoms with E-state index in [1.807, 2.05) is 42.5 Å². The second-order valence-corrected chi connectivity index (χ2v) is 5.55. The van der Waals surface area contributed by atoms with Gasteiger partial charge in [-0.25, -0.2) is 0 Å². The summed E-state index contributed by atoms with van der Waals surface area (Å²) in [6.45, 7) is 0. The lowest BCUT2D eigenvalue weighted by atomic mass is 10.1. The van der Waals surface area contributed by atoms with Crippen molar-refractivity contribution in [3.8, 4) is 22.6 Å². The van der Waals surface area contributed by atoms with E-state index < -0.39 is 0 Å². The summed E-state index contributed by atoms with van der Waals surface area (Å²) in [5.74, 6) is 1.71. The molecule has 0 aliphatic rings. The summed E-state index contributed by atoms with van der Waals surface area (Å²) in [5, 5.41) is 0. The highest BCUT2D eigenvalue weighted by molar-refractivity contribution is 7.98. The third-order valence-electron chi connectivity index (χ3n) is 3.26. The maximum Gasteiger partial charge on any atom is 0.127 e. The molecule has 0 atom stereocenters. The fourth-order valence-corrected chi connectivity index (χ4v) is 2.53. The molecule has 3 aromatic carbocycles. The van der Waals surface area contributed by atoms with Crippen LogP contribution in [0.2, 0.25) is 0 Å². The Labute approximate surface area is 129 Å². The van der Waals surface area contributed by atoms with Gasteiger partial charge in [-0.15, -0.1) is 11.8 Å². The Kier molecular flexibility index (Phi) is 4.27. The lowest BCUT2D eigenvalue weighted by molar-refractivity contribution is 0.483. The molecule has 3 aromatic rings. The van der Waals surface area contributed by atoms with Crippen LogP contribution in [0.15, 0.2) is 83.8 Å². The van der Waals surface area contributed by atoms with Gasteiger partial charge in [-0.1, -0.05) is 42.5 Å². The lowest BCUT2D eigenvalue weighted by Gasteiger charge is -2.07. The van der Waals surface area contributed by atoms with Crippen LogP contribution in [0.5, 0.6) is 11.5 Å². The second-order valence-electron chi connectivity index (χ2n) is 4.67. The van der Waals surface area contributed by atoms with Crippen LogP contribution in [0.25, 0.3) is 11.1 Å². The van der Waals surface area contributed by atoms with Crippen molar-refractivity contribution in [2.75, 3.05) is 6.26 Å². The van der Waals surface area contributed by atoms with Crippen LogP contribution in [0.1, 0.15) is 0 Å². The smallest absolute Gasteiger partial charge is 0.127 e. The molecule has 2 heteroatoms. The maximum absolute atomic E-state index is 5.80. The van der Waals surface area contributed by atoms with Crippen LogP contribution >= 0.6 is 11.8 Å². The van der Waals surface area contributed by atoms with Crippen LogP contribution in [0.4, 0.5) is 0 Å². The summed E-state index contributed by atoms with van der Waals surface area (Å²) < 4.78 is 5.80. The minimum Gasteiger partial charge on any atom is -0.457 e. The number of para-hydroxylation sites is 1. The van der Waals surface area contributed by atoms with Gasteiger partial charge in [0.05, 0.1) is 0 Å². The number of hydrogen-bond donors (Lipinski definition) is 0. The molecule has 0 aromatic heterocycles. The molecule has 0 unspecified atom stereocenters. The third-order valence-corrected chi connectivity index (χ3v) is 4.00. The first kappa shape index (κ1) is 13.8. The number of benzene rings is 3. The van der Waals surface area contributed by atoms with E-state index in [0.717, 1.165) is 11.5 Å². The lowest BCUT2D eigenvalue weighted by Crippen LogP contribution is -1.84. The Bertz CT molecular complexity index is 688. The van der Waals surface area contributed by atoms with Crippen molar-refractivity contribution in [3.05, 3.63) is 78.9 Å². The van der Waals surface area contributed by atoms with Crippen molar-refractivity contribution in [3.63, 3.8) is 0 Å². The third kappa shape index (κ3) is 3.47. The zero-order valence-electron chi connectivity index (χ0n) is 11.8. The molecule has 0 radical (unpaired) electrons. The molecule has 3 rings (SSSR count). The Hall–Kier alpha value is -2.19. The highest BCUT2D eigenvalue weighted by Gasteiger charge is 2.00. The Morgan fingerprint density at radius 3 is 1.71 bits per heavy atom. The average molecular weight is 292 g/mol. The Morgan fingerprint density at radius 1 is 0.619 bits per heavy atom. The Balaban J connectivity index is 1.77. The summed E-state index contributed by atoms with van der Waals surface area (Å²) in [5.41, 5.74) is 2.42. The molecule has 21 heavy (non-hydrogen) atoms. The van der Waals surface area contributed by atoms with E-state index in [9.17, 15) is 0 Å². The van der Waals surface area contributed by atoms with Crippen molar-refractivity contribution in [2.45, 2.75) is 4.90 Å². The van der Waals surface area contributed by atoms with Crippen LogP contribution in [-0.4, -0.2) is 6.26 Å². The predicted octanol–water partition coefficient (Wildman–Crippen LogP) is 5.87. The number of thioether (sulfide) groups is 1.